The number of carbonyl (C=O) groups is 1. The maximum atomic E-state index is 12.3. The molecule has 4 nitrogen and oxygen atoms in total. The van der Waals surface area contributed by atoms with Crippen LogP contribution in [-0.2, 0) is 4.79 Å². The SMILES string of the molecule is N[C@@H](C(=O)NC1CCN2CCCCC12)c1ccccc1. The second kappa shape index (κ2) is 5.94. The van der Waals surface area contributed by atoms with Crippen molar-refractivity contribution >= 4 is 5.91 Å². The summed E-state index contributed by atoms with van der Waals surface area (Å²) in [6, 6.07) is 9.83. The molecule has 2 aliphatic heterocycles. The highest BCUT2D eigenvalue weighted by atomic mass is 16.2. The molecule has 3 rings (SSSR count). The number of hydrogen-bond donors (Lipinski definition) is 2. The van der Waals surface area contributed by atoms with Gasteiger partial charge in [-0.3, -0.25) is 9.69 Å². The highest BCUT2D eigenvalue weighted by molar-refractivity contribution is 5.83. The summed E-state index contributed by atoms with van der Waals surface area (Å²) in [7, 11) is 0. The van der Waals surface area contributed by atoms with Crippen molar-refractivity contribution in [3.63, 3.8) is 0 Å². The van der Waals surface area contributed by atoms with Crippen LogP contribution >= 0.6 is 0 Å². The maximum absolute atomic E-state index is 12.3. The second-order valence-corrected chi connectivity index (χ2v) is 5.89. The van der Waals surface area contributed by atoms with E-state index in [4.69, 9.17) is 5.73 Å². The zero-order chi connectivity index (χ0) is 13.9. The van der Waals surface area contributed by atoms with Crippen molar-refractivity contribution in [3.05, 3.63) is 35.9 Å². The van der Waals surface area contributed by atoms with Crippen molar-refractivity contribution in [1.82, 2.24) is 10.2 Å². The summed E-state index contributed by atoms with van der Waals surface area (Å²) in [5.74, 6) is -0.0476. The number of fused-ring (bicyclic) bond motifs is 1. The molecule has 2 unspecified atom stereocenters. The Morgan fingerprint density at radius 1 is 1.20 bits per heavy atom. The molecule has 1 amide bonds. The molecule has 0 spiro atoms. The predicted octanol–water partition coefficient (Wildman–Crippen LogP) is 1.43. The molecule has 0 aromatic heterocycles. The lowest BCUT2D eigenvalue weighted by molar-refractivity contribution is -0.123. The van der Waals surface area contributed by atoms with E-state index in [-0.39, 0.29) is 11.9 Å². The molecule has 0 radical (unpaired) electrons. The van der Waals surface area contributed by atoms with Crippen molar-refractivity contribution in [2.45, 2.75) is 43.8 Å². The Kier molecular flexibility index (Phi) is 4.03. The van der Waals surface area contributed by atoms with E-state index in [2.05, 4.69) is 10.2 Å². The molecular formula is C16H23N3O. The van der Waals surface area contributed by atoms with Gasteiger partial charge in [-0.1, -0.05) is 36.8 Å². The minimum Gasteiger partial charge on any atom is -0.350 e. The van der Waals surface area contributed by atoms with Crippen LogP contribution < -0.4 is 11.1 Å². The number of nitrogens with zero attached hydrogens (tertiary/aromatic N) is 1. The Hall–Kier alpha value is -1.39. The first-order chi connectivity index (χ1) is 9.75. The van der Waals surface area contributed by atoms with Gasteiger partial charge in [-0.05, 0) is 31.4 Å². The Bertz CT molecular complexity index is 462. The van der Waals surface area contributed by atoms with Crippen LogP contribution in [0.2, 0.25) is 0 Å². The second-order valence-electron chi connectivity index (χ2n) is 5.89. The monoisotopic (exact) mass is 273 g/mol. The summed E-state index contributed by atoms with van der Waals surface area (Å²) in [5.41, 5.74) is 6.94. The first-order valence-corrected chi connectivity index (χ1v) is 7.60. The first-order valence-electron chi connectivity index (χ1n) is 7.60. The number of nitrogens with one attached hydrogen (secondary N) is 1. The van der Waals surface area contributed by atoms with Gasteiger partial charge in [0.05, 0.1) is 0 Å². The average molecular weight is 273 g/mol. The van der Waals surface area contributed by atoms with E-state index in [0.29, 0.717) is 6.04 Å². The van der Waals surface area contributed by atoms with E-state index in [1.165, 1.54) is 25.8 Å². The molecule has 0 saturated carbocycles. The van der Waals surface area contributed by atoms with Crippen LogP contribution in [0, 0.1) is 0 Å². The molecule has 1 aromatic carbocycles. The predicted molar refractivity (Wildman–Crippen MR) is 79.1 cm³/mol. The Balaban J connectivity index is 1.61. The number of nitrogens with two attached hydrogens (primary N) is 1. The zero-order valence-electron chi connectivity index (χ0n) is 11.8. The molecule has 3 N–H and O–H groups in total. The van der Waals surface area contributed by atoms with Crippen LogP contribution in [0.15, 0.2) is 30.3 Å². The van der Waals surface area contributed by atoms with Crippen LogP contribution in [0.4, 0.5) is 0 Å². The van der Waals surface area contributed by atoms with Crippen molar-refractivity contribution in [2.75, 3.05) is 13.1 Å². The molecule has 108 valence electrons. The normalized spacial score (nSPS) is 27.9. The van der Waals surface area contributed by atoms with Crippen LogP contribution in [-0.4, -0.2) is 36.0 Å². The van der Waals surface area contributed by atoms with Gasteiger partial charge in [0.1, 0.15) is 6.04 Å². The third-order valence-electron chi connectivity index (χ3n) is 4.62. The van der Waals surface area contributed by atoms with Gasteiger partial charge in [0.2, 0.25) is 5.91 Å². The lowest BCUT2D eigenvalue weighted by Gasteiger charge is -2.32. The minimum atomic E-state index is -0.561. The van der Waals surface area contributed by atoms with Gasteiger partial charge in [0.25, 0.3) is 0 Å². The van der Waals surface area contributed by atoms with Crippen LogP contribution in [0.3, 0.4) is 0 Å². The van der Waals surface area contributed by atoms with Crippen LogP contribution in [0.25, 0.3) is 0 Å². The quantitative estimate of drug-likeness (QED) is 0.876. The Morgan fingerprint density at radius 2 is 2.00 bits per heavy atom. The van der Waals surface area contributed by atoms with Gasteiger partial charge in [0.15, 0.2) is 0 Å². The van der Waals surface area contributed by atoms with E-state index in [9.17, 15) is 4.79 Å². The van der Waals surface area contributed by atoms with Gasteiger partial charge in [-0.25, -0.2) is 0 Å². The molecule has 0 bridgehead atoms. The summed E-state index contributed by atoms with van der Waals surface area (Å²) in [4.78, 5) is 14.8. The molecule has 2 aliphatic rings. The molecule has 1 aromatic rings. The molecule has 0 aliphatic carbocycles. The number of piperidine rings is 1. The van der Waals surface area contributed by atoms with Crippen molar-refractivity contribution in [2.24, 2.45) is 5.73 Å². The summed E-state index contributed by atoms with van der Waals surface area (Å²) in [6.07, 6.45) is 4.82. The zero-order valence-corrected chi connectivity index (χ0v) is 11.8. The number of benzene rings is 1. The third-order valence-corrected chi connectivity index (χ3v) is 4.62. The molecular weight excluding hydrogens is 250 g/mol. The summed E-state index contributed by atoms with van der Waals surface area (Å²) >= 11 is 0. The standard InChI is InChI=1S/C16H23N3O/c17-15(12-6-2-1-3-7-12)16(20)18-13-9-11-19-10-5-4-8-14(13)19/h1-3,6-7,13-15H,4-5,8-11,17H2,(H,18,20)/t13?,14?,15-/m1/s1. The lowest BCUT2D eigenvalue weighted by Crippen LogP contribution is -2.48. The fourth-order valence-electron chi connectivity index (χ4n) is 3.50. The highest BCUT2D eigenvalue weighted by Crippen LogP contribution is 2.27. The number of amides is 1. The minimum absolute atomic E-state index is 0.0476. The fourth-order valence-corrected chi connectivity index (χ4v) is 3.50. The van der Waals surface area contributed by atoms with Gasteiger partial charge in [-0.15, -0.1) is 0 Å². The van der Waals surface area contributed by atoms with Crippen LogP contribution in [0.1, 0.15) is 37.3 Å². The molecule has 3 atom stereocenters. The van der Waals surface area contributed by atoms with Crippen molar-refractivity contribution in [1.29, 1.82) is 0 Å². The fraction of sp³-hybridized carbons (Fsp3) is 0.562. The Labute approximate surface area is 120 Å². The van der Waals surface area contributed by atoms with Gasteiger partial charge in [-0.2, -0.15) is 0 Å². The summed E-state index contributed by atoms with van der Waals surface area (Å²) in [5, 5.41) is 3.17. The third kappa shape index (κ3) is 2.72. The van der Waals surface area contributed by atoms with E-state index < -0.39 is 6.04 Å². The Morgan fingerprint density at radius 3 is 2.80 bits per heavy atom. The van der Waals surface area contributed by atoms with E-state index >= 15 is 0 Å². The van der Waals surface area contributed by atoms with E-state index in [1.807, 2.05) is 30.3 Å². The maximum Gasteiger partial charge on any atom is 0.241 e. The largest absolute Gasteiger partial charge is 0.350 e. The number of hydrogen-bond acceptors (Lipinski definition) is 3. The molecule has 20 heavy (non-hydrogen) atoms. The smallest absolute Gasteiger partial charge is 0.241 e. The first kappa shape index (κ1) is 13.6. The van der Waals surface area contributed by atoms with Crippen LogP contribution in [0.5, 0.6) is 0 Å². The van der Waals surface area contributed by atoms with Gasteiger partial charge in [0, 0.05) is 18.6 Å². The molecule has 2 saturated heterocycles. The lowest BCUT2D eigenvalue weighted by atomic mass is 9.98. The highest BCUT2D eigenvalue weighted by Gasteiger charge is 2.36. The summed E-state index contributed by atoms with van der Waals surface area (Å²) in [6.45, 7) is 2.29. The summed E-state index contributed by atoms with van der Waals surface area (Å²) < 4.78 is 0. The van der Waals surface area contributed by atoms with Gasteiger partial charge < -0.3 is 11.1 Å². The van der Waals surface area contributed by atoms with Crippen molar-refractivity contribution < 1.29 is 4.79 Å². The topological polar surface area (TPSA) is 58.4 Å². The number of rotatable bonds is 3. The molecule has 4 heteroatoms. The average Bonchev–Trinajstić information content (AvgIpc) is 2.91. The van der Waals surface area contributed by atoms with E-state index in [1.54, 1.807) is 0 Å². The number of carbonyl (C=O) groups excluding carboxylic acids is 1. The van der Waals surface area contributed by atoms with E-state index in [0.717, 1.165) is 18.5 Å². The van der Waals surface area contributed by atoms with Crippen molar-refractivity contribution in [3.8, 4) is 0 Å². The van der Waals surface area contributed by atoms with Gasteiger partial charge >= 0.3 is 0 Å². The molecule has 2 heterocycles. The molecule has 2 fully saturated rings.